The summed E-state index contributed by atoms with van der Waals surface area (Å²) in [5.74, 6) is -0.903. The second-order valence-corrected chi connectivity index (χ2v) is 6.07. The van der Waals surface area contributed by atoms with Gasteiger partial charge in [-0.1, -0.05) is 11.3 Å². The summed E-state index contributed by atoms with van der Waals surface area (Å²) in [6.07, 6.45) is 1.51. The molecule has 1 atom stereocenters. The molecule has 0 bridgehead atoms. The van der Waals surface area contributed by atoms with Gasteiger partial charge in [-0.3, -0.25) is 14.5 Å². The van der Waals surface area contributed by atoms with Crippen LogP contribution in [0.2, 0.25) is 0 Å². The number of nitro groups is 1. The molecule has 1 N–H and O–H groups in total. The van der Waals surface area contributed by atoms with Crippen molar-refractivity contribution in [1.29, 1.82) is 0 Å². The van der Waals surface area contributed by atoms with Crippen molar-refractivity contribution >= 4 is 39.7 Å². The summed E-state index contributed by atoms with van der Waals surface area (Å²) < 4.78 is 1.34. The van der Waals surface area contributed by atoms with Crippen molar-refractivity contribution < 1.29 is 14.5 Å². The smallest absolute Gasteiger partial charge is 0.358 e. The van der Waals surface area contributed by atoms with E-state index < -0.39 is 11.0 Å². The number of fused-ring (bicyclic) bond motifs is 1. The second-order valence-electron chi connectivity index (χ2n) is 5.19. The molecule has 0 aliphatic carbocycles. The molecule has 2 amide bonds. The number of rotatable bonds is 4. The maximum absolute atomic E-state index is 12.2. The first kappa shape index (κ1) is 14.4. The molecule has 1 aliphatic rings. The van der Waals surface area contributed by atoms with Gasteiger partial charge in [0.15, 0.2) is 0 Å². The number of carbonyl (C=O) groups is 2. The van der Waals surface area contributed by atoms with Crippen LogP contribution in [0.15, 0.2) is 11.6 Å². The highest BCUT2D eigenvalue weighted by atomic mass is 32.1. The highest BCUT2D eigenvalue weighted by molar-refractivity contribution is 7.15. The molecule has 1 aliphatic heterocycles. The minimum Gasteiger partial charge on any atom is -0.358 e. The number of amides is 2. The van der Waals surface area contributed by atoms with Crippen molar-refractivity contribution in [2.24, 2.45) is 0 Å². The van der Waals surface area contributed by atoms with Crippen molar-refractivity contribution in [3.8, 4) is 0 Å². The number of hydrogen-bond acceptors (Lipinski definition) is 7. The van der Waals surface area contributed by atoms with Crippen LogP contribution < -0.4 is 5.32 Å². The Bertz CT molecular complexity index is 780. The molecule has 0 saturated carbocycles. The van der Waals surface area contributed by atoms with Gasteiger partial charge < -0.3 is 15.4 Å². The zero-order valence-electron chi connectivity index (χ0n) is 11.8. The topological polar surface area (TPSA) is 110 Å². The monoisotopic (exact) mass is 323 g/mol. The van der Waals surface area contributed by atoms with Crippen LogP contribution in [0.5, 0.6) is 0 Å². The SMILES string of the molecule is CC(C)N1C(=O)CC(Nc2nc3sccn3c2[N+](=O)[O-])C1=O. The molecule has 22 heavy (non-hydrogen) atoms. The summed E-state index contributed by atoms with van der Waals surface area (Å²) in [5.41, 5.74) is 0. The van der Waals surface area contributed by atoms with E-state index >= 15 is 0 Å². The number of likely N-dealkylation sites (tertiary alicyclic amines) is 1. The molecule has 10 heteroatoms. The largest absolute Gasteiger partial charge is 0.372 e. The minimum atomic E-state index is -0.821. The highest BCUT2D eigenvalue weighted by Crippen LogP contribution is 2.30. The molecule has 1 saturated heterocycles. The Morgan fingerprint density at radius 1 is 1.50 bits per heavy atom. The normalized spacial score (nSPS) is 18.7. The molecule has 116 valence electrons. The van der Waals surface area contributed by atoms with Crippen LogP contribution in [-0.2, 0) is 9.59 Å². The molecule has 3 rings (SSSR count). The molecule has 3 heterocycles. The van der Waals surface area contributed by atoms with Crippen molar-refractivity contribution in [1.82, 2.24) is 14.3 Å². The second kappa shape index (κ2) is 5.05. The molecule has 1 fully saturated rings. The van der Waals surface area contributed by atoms with Gasteiger partial charge in [0.25, 0.3) is 10.9 Å². The molecule has 0 radical (unpaired) electrons. The van der Waals surface area contributed by atoms with Crippen LogP contribution in [0.25, 0.3) is 4.96 Å². The fourth-order valence-corrected chi connectivity index (χ4v) is 3.23. The lowest BCUT2D eigenvalue weighted by Crippen LogP contribution is -2.39. The molecular weight excluding hydrogens is 310 g/mol. The van der Waals surface area contributed by atoms with Crippen LogP contribution in [0.4, 0.5) is 11.6 Å². The lowest BCUT2D eigenvalue weighted by molar-refractivity contribution is -0.389. The van der Waals surface area contributed by atoms with Crippen LogP contribution in [0, 0.1) is 10.1 Å². The van der Waals surface area contributed by atoms with Gasteiger partial charge in [0.2, 0.25) is 11.7 Å². The first-order chi connectivity index (χ1) is 10.4. The Balaban J connectivity index is 1.92. The quantitative estimate of drug-likeness (QED) is 0.515. The van der Waals surface area contributed by atoms with Gasteiger partial charge in [0.05, 0.1) is 6.42 Å². The number of carbonyl (C=O) groups excluding carboxylic acids is 2. The fourth-order valence-electron chi connectivity index (χ4n) is 2.52. The van der Waals surface area contributed by atoms with Crippen molar-refractivity contribution in [3.63, 3.8) is 0 Å². The van der Waals surface area contributed by atoms with Crippen LogP contribution >= 0.6 is 11.3 Å². The van der Waals surface area contributed by atoms with Crippen LogP contribution in [0.1, 0.15) is 20.3 Å². The van der Waals surface area contributed by atoms with E-state index in [0.717, 1.165) is 0 Å². The molecule has 2 aromatic rings. The average Bonchev–Trinajstić information content (AvgIpc) is 3.03. The van der Waals surface area contributed by atoms with E-state index in [1.165, 1.54) is 20.6 Å². The molecule has 1 unspecified atom stereocenters. The lowest BCUT2D eigenvalue weighted by atomic mass is 10.2. The number of imide groups is 1. The van der Waals surface area contributed by atoms with E-state index in [4.69, 9.17) is 0 Å². The van der Waals surface area contributed by atoms with E-state index in [9.17, 15) is 19.7 Å². The summed E-state index contributed by atoms with van der Waals surface area (Å²) in [6, 6.07) is -1.06. The summed E-state index contributed by atoms with van der Waals surface area (Å²) in [6.45, 7) is 3.49. The lowest BCUT2D eigenvalue weighted by Gasteiger charge is -2.18. The number of aromatic nitrogens is 2. The average molecular weight is 323 g/mol. The van der Waals surface area contributed by atoms with E-state index in [2.05, 4.69) is 10.3 Å². The minimum absolute atomic E-state index is 0.00797. The van der Waals surface area contributed by atoms with E-state index in [0.29, 0.717) is 4.96 Å². The van der Waals surface area contributed by atoms with E-state index in [1.54, 1.807) is 25.4 Å². The Morgan fingerprint density at radius 2 is 2.23 bits per heavy atom. The first-order valence-electron chi connectivity index (χ1n) is 6.62. The number of anilines is 1. The number of nitrogens with one attached hydrogen (secondary N) is 1. The zero-order valence-corrected chi connectivity index (χ0v) is 12.7. The molecular formula is C12H13N5O4S. The number of hydrogen-bond donors (Lipinski definition) is 1. The standard InChI is InChI=1S/C12H13N5O4S/c1-6(2)16-8(18)5-7(11(16)19)13-9-10(17(20)21)15-3-4-22-12(15)14-9/h3-4,6-7,13H,5H2,1-2H3. The van der Waals surface area contributed by atoms with Gasteiger partial charge in [-0.25, -0.2) is 0 Å². The third kappa shape index (κ3) is 2.11. The third-order valence-electron chi connectivity index (χ3n) is 3.42. The molecule has 0 spiro atoms. The van der Waals surface area contributed by atoms with Crippen molar-refractivity contribution in [2.75, 3.05) is 5.32 Å². The Kier molecular flexibility index (Phi) is 3.32. The maximum atomic E-state index is 12.2. The van der Waals surface area contributed by atoms with Gasteiger partial charge in [0, 0.05) is 11.4 Å². The fraction of sp³-hybridized carbons (Fsp3) is 0.417. The summed E-state index contributed by atoms with van der Waals surface area (Å²) in [5, 5.41) is 15.7. The maximum Gasteiger partial charge on any atom is 0.372 e. The van der Waals surface area contributed by atoms with Crippen molar-refractivity contribution in [2.45, 2.75) is 32.4 Å². The summed E-state index contributed by atoms with van der Waals surface area (Å²) >= 11 is 1.25. The number of thiazole rings is 1. The van der Waals surface area contributed by atoms with Gasteiger partial charge in [-0.05, 0) is 18.8 Å². The van der Waals surface area contributed by atoms with E-state index in [1.807, 2.05) is 0 Å². The Labute approximate surface area is 128 Å². The van der Waals surface area contributed by atoms with Crippen molar-refractivity contribution in [3.05, 3.63) is 21.7 Å². The predicted molar refractivity (Wildman–Crippen MR) is 78.7 cm³/mol. The number of imidazole rings is 1. The Morgan fingerprint density at radius 3 is 2.82 bits per heavy atom. The molecule has 9 nitrogen and oxygen atoms in total. The highest BCUT2D eigenvalue weighted by Gasteiger charge is 2.41. The van der Waals surface area contributed by atoms with E-state index in [-0.39, 0.29) is 35.9 Å². The predicted octanol–water partition coefficient (Wildman–Crippen LogP) is 1.25. The van der Waals surface area contributed by atoms with Crippen LogP contribution in [-0.4, -0.2) is 43.1 Å². The van der Waals surface area contributed by atoms with Gasteiger partial charge in [-0.2, -0.15) is 9.38 Å². The third-order valence-corrected chi connectivity index (χ3v) is 4.18. The van der Waals surface area contributed by atoms with Gasteiger partial charge >= 0.3 is 5.82 Å². The van der Waals surface area contributed by atoms with Crippen LogP contribution in [0.3, 0.4) is 0 Å². The zero-order chi connectivity index (χ0) is 16.0. The summed E-state index contributed by atoms with van der Waals surface area (Å²) in [7, 11) is 0. The van der Waals surface area contributed by atoms with Gasteiger partial charge in [-0.15, -0.1) is 0 Å². The Hall–Kier alpha value is -2.49. The first-order valence-corrected chi connectivity index (χ1v) is 7.50. The summed E-state index contributed by atoms with van der Waals surface area (Å²) in [4.78, 5) is 40.5. The molecule has 0 aromatic carbocycles. The number of nitrogens with zero attached hydrogens (tertiary/aromatic N) is 4. The molecule has 2 aromatic heterocycles. The van der Waals surface area contributed by atoms with Gasteiger partial charge in [0.1, 0.15) is 12.2 Å².